The van der Waals surface area contributed by atoms with Crippen molar-refractivity contribution in [1.29, 1.82) is 0 Å². The molecule has 1 rings (SSSR count). The Kier molecular flexibility index (Phi) is 2.65. The van der Waals surface area contributed by atoms with Gasteiger partial charge in [0.25, 0.3) is 5.91 Å². The molecule has 0 spiro atoms. The highest BCUT2D eigenvalue weighted by Gasteiger charge is 2.50. The molecule has 5 heteroatoms. The third-order valence-corrected chi connectivity index (χ3v) is 1.54. The Labute approximate surface area is 69.7 Å². The predicted octanol–water partition coefficient (Wildman–Crippen LogP) is -0.635. The van der Waals surface area contributed by atoms with Gasteiger partial charge in [0.15, 0.2) is 12.2 Å². The lowest BCUT2D eigenvalue weighted by atomic mass is 10.3. The van der Waals surface area contributed by atoms with E-state index >= 15 is 0 Å². The van der Waals surface area contributed by atoms with Gasteiger partial charge < -0.3 is 15.2 Å². The summed E-state index contributed by atoms with van der Waals surface area (Å²) < 4.78 is 4.63. The molecule has 1 aliphatic heterocycles. The van der Waals surface area contributed by atoms with E-state index in [1.807, 2.05) is 6.92 Å². The Morgan fingerprint density at radius 1 is 1.50 bits per heavy atom. The molecule has 1 heterocycles. The number of aliphatic carboxylic acids is 1. The summed E-state index contributed by atoms with van der Waals surface area (Å²) >= 11 is 0. The van der Waals surface area contributed by atoms with Crippen LogP contribution in [-0.4, -0.2) is 35.7 Å². The molecule has 0 aromatic rings. The van der Waals surface area contributed by atoms with E-state index in [0.717, 1.165) is 6.42 Å². The van der Waals surface area contributed by atoms with Gasteiger partial charge in [-0.25, -0.2) is 4.79 Å². The lowest BCUT2D eigenvalue weighted by molar-refractivity contribution is -0.138. The summed E-state index contributed by atoms with van der Waals surface area (Å²) in [5.74, 6) is -1.41. The summed E-state index contributed by atoms with van der Waals surface area (Å²) in [6.45, 7) is 2.48. The summed E-state index contributed by atoms with van der Waals surface area (Å²) in [4.78, 5) is 21.2. The number of epoxide rings is 1. The van der Waals surface area contributed by atoms with Crippen LogP contribution in [0.4, 0.5) is 0 Å². The molecule has 2 N–H and O–H groups in total. The second-order valence-corrected chi connectivity index (χ2v) is 2.61. The molecule has 5 nitrogen and oxygen atoms in total. The molecule has 12 heavy (non-hydrogen) atoms. The average Bonchev–Trinajstić information content (AvgIpc) is 2.78. The molecule has 0 radical (unpaired) electrons. The van der Waals surface area contributed by atoms with Gasteiger partial charge >= 0.3 is 5.97 Å². The van der Waals surface area contributed by atoms with E-state index in [-0.39, 0.29) is 5.91 Å². The average molecular weight is 173 g/mol. The smallest absolute Gasteiger partial charge is 0.336 e. The number of amides is 1. The molecule has 0 aromatic heterocycles. The summed E-state index contributed by atoms with van der Waals surface area (Å²) in [5, 5.41) is 10.9. The Morgan fingerprint density at radius 3 is 2.58 bits per heavy atom. The minimum absolute atomic E-state index is 0.329. The number of hydrogen-bond donors (Lipinski definition) is 2. The van der Waals surface area contributed by atoms with Crippen molar-refractivity contribution >= 4 is 11.9 Å². The van der Waals surface area contributed by atoms with Crippen LogP contribution in [0.3, 0.4) is 0 Å². The van der Waals surface area contributed by atoms with Crippen molar-refractivity contribution in [1.82, 2.24) is 5.32 Å². The first-order chi connectivity index (χ1) is 5.66. The molecule has 1 aliphatic rings. The van der Waals surface area contributed by atoms with Crippen LogP contribution < -0.4 is 5.32 Å². The molecule has 0 bridgehead atoms. The monoisotopic (exact) mass is 173 g/mol. The Hall–Kier alpha value is -1.10. The van der Waals surface area contributed by atoms with Gasteiger partial charge in [0.05, 0.1) is 0 Å². The molecule has 0 unspecified atom stereocenters. The fourth-order valence-electron chi connectivity index (χ4n) is 0.848. The van der Waals surface area contributed by atoms with Gasteiger partial charge in [-0.15, -0.1) is 0 Å². The quantitative estimate of drug-likeness (QED) is 0.554. The van der Waals surface area contributed by atoms with Crippen LogP contribution in [0.2, 0.25) is 0 Å². The van der Waals surface area contributed by atoms with Gasteiger partial charge in [-0.3, -0.25) is 4.79 Å². The van der Waals surface area contributed by atoms with Crippen LogP contribution in [0.5, 0.6) is 0 Å². The van der Waals surface area contributed by atoms with Crippen LogP contribution in [0.25, 0.3) is 0 Å². The minimum atomic E-state index is -1.08. The first-order valence-electron chi connectivity index (χ1n) is 3.82. The van der Waals surface area contributed by atoms with Crippen LogP contribution in [0, 0.1) is 0 Å². The molecule has 1 saturated heterocycles. The SMILES string of the molecule is CCCNC(=O)[C@H]1O[C@@H]1C(=O)O. The number of carbonyl (C=O) groups is 2. The maximum absolute atomic E-state index is 11.0. The van der Waals surface area contributed by atoms with E-state index in [9.17, 15) is 9.59 Å². The molecule has 1 fully saturated rings. The van der Waals surface area contributed by atoms with Crippen molar-refractivity contribution in [2.24, 2.45) is 0 Å². The van der Waals surface area contributed by atoms with E-state index in [1.54, 1.807) is 0 Å². The molecule has 1 amide bonds. The molecule has 0 aliphatic carbocycles. The van der Waals surface area contributed by atoms with Crippen LogP contribution in [0.15, 0.2) is 0 Å². The molecule has 0 saturated carbocycles. The van der Waals surface area contributed by atoms with Crippen molar-refractivity contribution in [3.8, 4) is 0 Å². The maximum Gasteiger partial charge on any atom is 0.336 e. The van der Waals surface area contributed by atoms with E-state index in [1.165, 1.54) is 0 Å². The van der Waals surface area contributed by atoms with Gasteiger partial charge in [0, 0.05) is 6.54 Å². The third-order valence-electron chi connectivity index (χ3n) is 1.54. The largest absolute Gasteiger partial charge is 0.479 e. The van der Waals surface area contributed by atoms with E-state index in [0.29, 0.717) is 6.54 Å². The number of hydrogen-bond acceptors (Lipinski definition) is 3. The van der Waals surface area contributed by atoms with Crippen molar-refractivity contribution in [2.45, 2.75) is 25.6 Å². The van der Waals surface area contributed by atoms with Crippen LogP contribution in [0.1, 0.15) is 13.3 Å². The summed E-state index contributed by atoms with van der Waals surface area (Å²) in [6.07, 6.45) is -0.869. The number of nitrogens with one attached hydrogen (secondary N) is 1. The molecular formula is C7H11NO4. The van der Waals surface area contributed by atoms with Crippen LogP contribution >= 0.6 is 0 Å². The fraction of sp³-hybridized carbons (Fsp3) is 0.714. The normalized spacial score (nSPS) is 26.4. The fourth-order valence-corrected chi connectivity index (χ4v) is 0.848. The van der Waals surface area contributed by atoms with Gasteiger partial charge in [-0.2, -0.15) is 0 Å². The van der Waals surface area contributed by atoms with Crippen molar-refractivity contribution in [3.63, 3.8) is 0 Å². The standard InChI is InChI=1S/C7H11NO4/c1-2-3-8-6(9)4-5(12-4)7(10)11/h4-5H,2-3H2,1H3,(H,8,9)(H,10,11)/t4-,5-/m0/s1. The zero-order chi connectivity index (χ0) is 9.14. The Bertz CT molecular complexity index is 204. The van der Waals surface area contributed by atoms with Crippen LogP contribution in [-0.2, 0) is 14.3 Å². The highest BCUT2D eigenvalue weighted by atomic mass is 16.6. The number of carboxylic acids is 1. The summed E-state index contributed by atoms with van der Waals surface area (Å²) in [6, 6.07) is 0. The van der Waals surface area contributed by atoms with Crippen molar-refractivity contribution in [3.05, 3.63) is 0 Å². The Balaban J connectivity index is 2.24. The molecule has 68 valence electrons. The van der Waals surface area contributed by atoms with E-state index in [2.05, 4.69) is 10.1 Å². The van der Waals surface area contributed by atoms with Gasteiger partial charge in [0.1, 0.15) is 0 Å². The van der Waals surface area contributed by atoms with Gasteiger partial charge in [-0.05, 0) is 6.42 Å². The number of rotatable bonds is 4. The first kappa shape index (κ1) is 8.99. The molecule has 2 atom stereocenters. The van der Waals surface area contributed by atoms with Gasteiger partial charge in [0.2, 0.25) is 0 Å². The number of carboxylic acid groups (broad SMARTS) is 1. The van der Waals surface area contributed by atoms with Gasteiger partial charge in [-0.1, -0.05) is 6.92 Å². The topological polar surface area (TPSA) is 78.9 Å². The highest BCUT2D eigenvalue weighted by Crippen LogP contribution is 2.21. The van der Waals surface area contributed by atoms with E-state index < -0.39 is 18.2 Å². The zero-order valence-corrected chi connectivity index (χ0v) is 6.74. The Morgan fingerprint density at radius 2 is 2.17 bits per heavy atom. The molecular weight excluding hydrogens is 162 g/mol. The van der Waals surface area contributed by atoms with E-state index in [4.69, 9.17) is 5.11 Å². The zero-order valence-electron chi connectivity index (χ0n) is 6.74. The second kappa shape index (κ2) is 3.53. The number of carbonyl (C=O) groups excluding carboxylic acids is 1. The van der Waals surface area contributed by atoms with Crippen molar-refractivity contribution in [2.75, 3.05) is 6.54 Å². The van der Waals surface area contributed by atoms with Crippen molar-refractivity contribution < 1.29 is 19.4 Å². The lowest BCUT2D eigenvalue weighted by Gasteiger charge is -1.97. The molecule has 0 aromatic carbocycles. The third kappa shape index (κ3) is 1.94. The predicted molar refractivity (Wildman–Crippen MR) is 39.6 cm³/mol. The summed E-state index contributed by atoms with van der Waals surface area (Å²) in [7, 11) is 0. The highest BCUT2D eigenvalue weighted by molar-refractivity contribution is 5.91. The number of ether oxygens (including phenoxy) is 1. The lowest BCUT2D eigenvalue weighted by Crippen LogP contribution is -2.30. The maximum atomic E-state index is 11.0. The summed E-state index contributed by atoms with van der Waals surface area (Å²) in [5.41, 5.74) is 0. The second-order valence-electron chi connectivity index (χ2n) is 2.61. The minimum Gasteiger partial charge on any atom is -0.479 e. The first-order valence-corrected chi connectivity index (χ1v) is 3.82.